The molecule has 0 bridgehead atoms. The molecule has 0 aromatic heterocycles. The number of hydrogen-bond acceptors (Lipinski definition) is 2. The smallest absolute Gasteiger partial charge is 0.238 e. The number of hydrogen-bond donors (Lipinski definition) is 2. The Morgan fingerprint density at radius 1 is 1.35 bits per heavy atom. The zero-order valence-electron chi connectivity index (χ0n) is 9.30. The van der Waals surface area contributed by atoms with Crippen LogP contribution in [0.4, 0.5) is 14.5 Å². The third-order valence-corrected chi connectivity index (χ3v) is 2.62. The van der Waals surface area contributed by atoms with Gasteiger partial charge in [0.25, 0.3) is 0 Å². The van der Waals surface area contributed by atoms with Crippen molar-refractivity contribution in [1.29, 1.82) is 0 Å². The largest absolute Gasteiger partial charge is 0.322 e. The fraction of sp³-hybridized carbons (Fsp3) is 0.417. The number of carbonyl (C=O) groups is 1. The number of halogens is 2. The van der Waals surface area contributed by atoms with Crippen molar-refractivity contribution in [2.45, 2.75) is 12.8 Å². The lowest BCUT2D eigenvalue weighted by atomic mass is 10.3. The molecule has 17 heavy (non-hydrogen) atoms. The summed E-state index contributed by atoms with van der Waals surface area (Å²) in [6.07, 6.45) is 2.42. The first-order valence-corrected chi connectivity index (χ1v) is 5.61. The second-order valence-corrected chi connectivity index (χ2v) is 4.25. The van der Waals surface area contributed by atoms with Crippen LogP contribution in [0.25, 0.3) is 0 Å². The van der Waals surface area contributed by atoms with E-state index in [0.717, 1.165) is 18.7 Å². The van der Waals surface area contributed by atoms with Crippen LogP contribution in [0.15, 0.2) is 18.2 Å². The van der Waals surface area contributed by atoms with E-state index in [2.05, 4.69) is 10.6 Å². The Balaban J connectivity index is 1.79. The van der Waals surface area contributed by atoms with Crippen LogP contribution in [0.3, 0.4) is 0 Å². The third-order valence-electron chi connectivity index (χ3n) is 2.62. The molecule has 92 valence electrons. The van der Waals surface area contributed by atoms with E-state index in [1.807, 2.05) is 0 Å². The summed E-state index contributed by atoms with van der Waals surface area (Å²) in [6.45, 7) is 0.965. The predicted octanol–water partition coefficient (Wildman–Crippen LogP) is 1.90. The zero-order chi connectivity index (χ0) is 12.3. The van der Waals surface area contributed by atoms with E-state index >= 15 is 0 Å². The van der Waals surface area contributed by atoms with Gasteiger partial charge in [-0.05, 0) is 37.4 Å². The van der Waals surface area contributed by atoms with Crippen LogP contribution in [-0.4, -0.2) is 19.0 Å². The molecule has 1 saturated carbocycles. The van der Waals surface area contributed by atoms with Crippen molar-refractivity contribution in [2.24, 2.45) is 5.92 Å². The van der Waals surface area contributed by atoms with Gasteiger partial charge in [-0.15, -0.1) is 0 Å². The number of amides is 1. The second-order valence-electron chi connectivity index (χ2n) is 4.25. The molecular formula is C12H14F2N2O. The molecular weight excluding hydrogens is 226 g/mol. The average Bonchev–Trinajstić information content (AvgIpc) is 3.06. The maximum Gasteiger partial charge on any atom is 0.238 e. The molecule has 1 aliphatic rings. The molecule has 0 spiro atoms. The summed E-state index contributed by atoms with van der Waals surface area (Å²) in [7, 11) is 0. The molecule has 0 saturated heterocycles. The highest BCUT2D eigenvalue weighted by Gasteiger charge is 2.20. The van der Waals surface area contributed by atoms with Gasteiger partial charge in [0.05, 0.1) is 12.2 Å². The van der Waals surface area contributed by atoms with Crippen LogP contribution >= 0.6 is 0 Å². The van der Waals surface area contributed by atoms with Crippen molar-refractivity contribution in [3.8, 4) is 0 Å². The zero-order valence-corrected chi connectivity index (χ0v) is 9.30. The molecule has 0 radical (unpaired) electrons. The number of nitrogens with one attached hydrogen (secondary N) is 2. The molecule has 0 heterocycles. The van der Waals surface area contributed by atoms with E-state index < -0.39 is 11.6 Å². The van der Waals surface area contributed by atoms with Gasteiger partial charge in [-0.2, -0.15) is 0 Å². The van der Waals surface area contributed by atoms with Crippen molar-refractivity contribution >= 4 is 11.6 Å². The lowest BCUT2D eigenvalue weighted by molar-refractivity contribution is -0.115. The average molecular weight is 240 g/mol. The Kier molecular flexibility index (Phi) is 3.68. The Morgan fingerprint density at radius 3 is 2.76 bits per heavy atom. The summed E-state index contributed by atoms with van der Waals surface area (Å²) in [5.74, 6) is -1.06. The Labute approximate surface area is 98.2 Å². The minimum atomic E-state index is -0.763. The van der Waals surface area contributed by atoms with Crippen LogP contribution in [0.1, 0.15) is 12.8 Å². The SMILES string of the molecule is O=C(CNCC1CC1)Nc1ccc(F)cc1F. The minimum absolute atomic E-state index is 0.00428. The van der Waals surface area contributed by atoms with Crippen LogP contribution < -0.4 is 10.6 Å². The van der Waals surface area contributed by atoms with Crippen LogP contribution in [-0.2, 0) is 4.79 Å². The summed E-state index contributed by atoms with van der Waals surface area (Å²) in [5, 5.41) is 5.38. The molecule has 1 fully saturated rings. The van der Waals surface area contributed by atoms with Crippen molar-refractivity contribution in [3.05, 3.63) is 29.8 Å². The highest BCUT2D eigenvalue weighted by molar-refractivity contribution is 5.92. The topological polar surface area (TPSA) is 41.1 Å². The summed E-state index contributed by atoms with van der Waals surface area (Å²) in [6, 6.07) is 3.06. The highest BCUT2D eigenvalue weighted by atomic mass is 19.1. The van der Waals surface area contributed by atoms with E-state index in [9.17, 15) is 13.6 Å². The number of benzene rings is 1. The number of rotatable bonds is 5. The fourth-order valence-corrected chi connectivity index (χ4v) is 1.50. The maximum absolute atomic E-state index is 13.2. The molecule has 1 aromatic rings. The van der Waals surface area contributed by atoms with Gasteiger partial charge in [-0.3, -0.25) is 4.79 Å². The monoisotopic (exact) mass is 240 g/mol. The molecule has 2 N–H and O–H groups in total. The van der Waals surface area contributed by atoms with E-state index in [4.69, 9.17) is 0 Å². The highest BCUT2D eigenvalue weighted by Crippen LogP contribution is 2.27. The summed E-state index contributed by atoms with van der Waals surface area (Å²) >= 11 is 0. The predicted molar refractivity (Wildman–Crippen MR) is 60.6 cm³/mol. The van der Waals surface area contributed by atoms with E-state index in [1.54, 1.807) is 0 Å². The van der Waals surface area contributed by atoms with Crippen LogP contribution in [0, 0.1) is 17.6 Å². The molecule has 0 atom stereocenters. The Hall–Kier alpha value is -1.49. The molecule has 1 aromatic carbocycles. The lowest BCUT2D eigenvalue weighted by Crippen LogP contribution is -2.29. The second kappa shape index (κ2) is 5.23. The molecule has 3 nitrogen and oxygen atoms in total. The minimum Gasteiger partial charge on any atom is -0.322 e. The van der Waals surface area contributed by atoms with E-state index in [-0.39, 0.29) is 18.1 Å². The normalized spacial score (nSPS) is 14.7. The fourth-order valence-electron chi connectivity index (χ4n) is 1.50. The number of carbonyl (C=O) groups excluding carboxylic acids is 1. The van der Waals surface area contributed by atoms with Gasteiger partial charge in [0, 0.05) is 6.07 Å². The maximum atomic E-state index is 13.2. The first-order valence-electron chi connectivity index (χ1n) is 5.61. The van der Waals surface area contributed by atoms with Gasteiger partial charge >= 0.3 is 0 Å². The summed E-state index contributed by atoms with van der Waals surface area (Å²) in [5.41, 5.74) is 0.00428. The summed E-state index contributed by atoms with van der Waals surface area (Å²) < 4.78 is 25.8. The van der Waals surface area contributed by atoms with Gasteiger partial charge in [-0.1, -0.05) is 0 Å². The Morgan fingerprint density at radius 2 is 2.12 bits per heavy atom. The van der Waals surface area contributed by atoms with Crippen LogP contribution in [0.5, 0.6) is 0 Å². The summed E-state index contributed by atoms with van der Waals surface area (Å²) in [4.78, 5) is 11.4. The molecule has 2 rings (SSSR count). The van der Waals surface area contributed by atoms with Crippen molar-refractivity contribution in [3.63, 3.8) is 0 Å². The molecule has 0 unspecified atom stereocenters. The van der Waals surface area contributed by atoms with Crippen LogP contribution in [0.2, 0.25) is 0 Å². The first-order chi connectivity index (χ1) is 8.15. The van der Waals surface area contributed by atoms with Gasteiger partial charge in [0.2, 0.25) is 5.91 Å². The van der Waals surface area contributed by atoms with E-state index in [0.29, 0.717) is 5.92 Å². The standard InChI is InChI=1S/C12H14F2N2O/c13-9-3-4-11(10(14)5-9)16-12(17)7-15-6-8-1-2-8/h3-5,8,15H,1-2,6-7H2,(H,16,17). The van der Waals surface area contributed by atoms with Gasteiger partial charge in [-0.25, -0.2) is 8.78 Å². The lowest BCUT2D eigenvalue weighted by Gasteiger charge is -2.07. The van der Waals surface area contributed by atoms with Gasteiger partial charge in [0.15, 0.2) is 0 Å². The third kappa shape index (κ3) is 3.78. The van der Waals surface area contributed by atoms with E-state index in [1.165, 1.54) is 18.9 Å². The Bertz CT molecular complexity index is 419. The molecule has 0 aliphatic heterocycles. The van der Waals surface area contributed by atoms with Crippen molar-refractivity contribution in [2.75, 3.05) is 18.4 Å². The quantitative estimate of drug-likeness (QED) is 0.825. The van der Waals surface area contributed by atoms with Gasteiger partial charge in [0.1, 0.15) is 11.6 Å². The van der Waals surface area contributed by atoms with Crippen molar-refractivity contribution in [1.82, 2.24) is 5.32 Å². The van der Waals surface area contributed by atoms with Gasteiger partial charge < -0.3 is 10.6 Å². The molecule has 1 aliphatic carbocycles. The first kappa shape index (κ1) is 12.0. The molecule has 1 amide bonds. The number of anilines is 1. The molecule has 5 heteroatoms. The van der Waals surface area contributed by atoms with Crippen molar-refractivity contribution < 1.29 is 13.6 Å².